The van der Waals surface area contributed by atoms with Crippen molar-refractivity contribution in [2.45, 2.75) is 46.3 Å². The van der Waals surface area contributed by atoms with Gasteiger partial charge in [-0.25, -0.2) is 4.79 Å². The van der Waals surface area contributed by atoms with Gasteiger partial charge in [-0.1, -0.05) is 0 Å². The molecular formula is C21H39IN6O2. The van der Waals surface area contributed by atoms with E-state index in [0.29, 0.717) is 0 Å². The zero-order valence-corrected chi connectivity index (χ0v) is 21.2. The standard InChI is InChI=1S/C21H38N6O2.HI/c1-5-22-19(24-10-14-25-11-6-7-12-25)23-9-8-13-26-15-17-27(18-16-26)20(28)29-21(2,3)4;/h6-7,11-12H,5,8-10,13-18H2,1-4H3,(H2,22,23,24);1H. The van der Waals surface area contributed by atoms with Gasteiger partial charge >= 0.3 is 6.09 Å². The summed E-state index contributed by atoms with van der Waals surface area (Å²) in [5.41, 5.74) is -0.438. The molecule has 0 aromatic carbocycles. The Bertz CT molecular complexity index is 622. The van der Waals surface area contributed by atoms with E-state index in [0.717, 1.165) is 71.3 Å². The molecule has 2 N–H and O–H groups in total. The Morgan fingerprint density at radius 2 is 1.73 bits per heavy atom. The number of hydrogen-bond acceptors (Lipinski definition) is 4. The fourth-order valence-electron chi connectivity index (χ4n) is 3.13. The van der Waals surface area contributed by atoms with E-state index < -0.39 is 5.60 Å². The normalized spacial score (nSPS) is 15.5. The first-order valence-electron chi connectivity index (χ1n) is 10.7. The summed E-state index contributed by atoms with van der Waals surface area (Å²) in [4.78, 5) is 21.0. The first kappa shape index (κ1) is 26.5. The molecule has 9 heteroatoms. The summed E-state index contributed by atoms with van der Waals surface area (Å²) in [7, 11) is 0. The topological polar surface area (TPSA) is 74.1 Å². The number of aromatic nitrogens is 1. The second-order valence-corrected chi connectivity index (χ2v) is 8.27. The van der Waals surface area contributed by atoms with Crippen LogP contribution < -0.4 is 10.6 Å². The first-order chi connectivity index (χ1) is 13.9. The highest BCUT2D eigenvalue weighted by Crippen LogP contribution is 2.12. The number of piperazine rings is 1. The quantitative estimate of drug-likeness (QED) is 0.232. The van der Waals surface area contributed by atoms with Crippen molar-refractivity contribution >= 4 is 36.0 Å². The Morgan fingerprint density at radius 3 is 2.33 bits per heavy atom. The lowest BCUT2D eigenvalue weighted by molar-refractivity contribution is 0.0145. The summed E-state index contributed by atoms with van der Waals surface area (Å²) in [6.07, 6.45) is 4.92. The van der Waals surface area contributed by atoms with Gasteiger partial charge < -0.3 is 24.8 Å². The summed E-state index contributed by atoms with van der Waals surface area (Å²) < 4.78 is 7.60. The molecule has 0 unspecified atom stereocenters. The van der Waals surface area contributed by atoms with Crippen molar-refractivity contribution in [3.8, 4) is 0 Å². The molecule has 2 rings (SSSR count). The molecule has 0 aliphatic carbocycles. The second kappa shape index (κ2) is 13.7. The second-order valence-electron chi connectivity index (χ2n) is 8.27. The summed E-state index contributed by atoms with van der Waals surface area (Å²) in [5.74, 6) is 0.870. The molecule has 1 saturated heterocycles. The first-order valence-corrected chi connectivity index (χ1v) is 10.7. The Hall–Kier alpha value is -1.49. The molecular weight excluding hydrogens is 495 g/mol. The van der Waals surface area contributed by atoms with Crippen LogP contribution in [0.15, 0.2) is 29.5 Å². The molecule has 1 fully saturated rings. The van der Waals surface area contributed by atoms with Crippen molar-refractivity contribution in [2.24, 2.45) is 4.99 Å². The van der Waals surface area contributed by atoms with E-state index >= 15 is 0 Å². The Morgan fingerprint density at radius 1 is 1.07 bits per heavy atom. The number of nitrogens with one attached hydrogen (secondary N) is 2. The zero-order chi connectivity index (χ0) is 21.1. The molecule has 1 aromatic rings. The van der Waals surface area contributed by atoms with E-state index in [1.165, 1.54) is 0 Å². The van der Waals surface area contributed by atoms with Crippen molar-refractivity contribution in [3.05, 3.63) is 24.5 Å². The van der Waals surface area contributed by atoms with Crippen LogP contribution in [0.1, 0.15) is 34.1 Å². The summed E-state index contributed by atoms with van der Waals surface area (Å²) >= 11 is 0. The van der Waals surface area contributed by atoms with Gasteiger partial charge in [-0.2, -0.15) is 0 Å². The van der Waals surface area contributed by atoms with Gasteiger partial charge in [0, 0.05) is 71.3 Å². The number of amides is 1. The number of carbonyl (C=O) groups excluding carboxylic acids is 1. The molecule has 8 nitrogen and oxygen atoms in total. The summed E-state index contributed by atoms with van der Waals surface area (Å²) in [6, 6.07) is 4.07. The van der Waals surface area contributed by atoms with E-state index in [9.17, 15) is 4.79 Å². The Labute approximate surface area is 198 Å². The van der Waals surface area contributed by atoms with Crippen LogP contribution in [-0.2, 0) is 11.3 Å². The molecule has 0 radical (unpaired) electrons. The maximum Gasteiger partial charge on any atom is 0.410 e. The monoisotopic (exact) mass is 534 g/mol. The summed E-state index contributed by atoms with van der Waals surface area (Å²) in [5, 5.41) is 6.68. The summed E-state index contributed by atoms with van der Waals surface area (Å²) in [6.45, 7) is 15.4. The predicted octanol–water partition coefficient (Wildman–Crippen LogP) is 2.60. The molecule has 2 heterocycles. The third-order valence-corrected chi connectivity index (χ3v) is 4.60. The van der Waals surface area contributed by atoms with Gasteiger partial charge in [-0.3, -0.25) is 9.89 Å². The van der Waals surface area contributed by atoms with E-state index in [2.05, 4.69) is 44.4 Å². The van der Waals surface area contributed by atoms with Crippen molar-refractivity contribution in [2.75, 3.05) is 52.4 Å². The van der Waals surface area contributed by atoms with Gasteiger partial charge in [0.05, 0.1) is 0 Å². The van der Waals surface area contributed by atoms with Crippen molar-refractivity contribution in [3.63, 3.8) is 0 Å². The van der Waals surface area contributed by atoms with Crippen LogP contribution in [0.4, 0.5) is 4.79 Å². The number of carbonyl (C=O) groups is 1. The smallest absolute Gasteiger partial charge is 0.410 e. The molecule has 1 aliphatic heterocycles. The van der Waals surface area contributed by atoms with Crippen LogP contribution >= 0.6 is 24.0 Å². The lowest BCUT2D eigenvalue weighted by Gasteiger charge is -2.35. The van der Waals surface area contributed by atoms with Crippen molar-refractivity contribution in [1.29, 1.82) is 0 Å². The van der Waals surface area contributed by atoms with Gasteiger partial charge in [-0.05, 0) is 46.2 Å². The van der Waals surface area contributed by atoms with Crippen LogP contribution in [0, 0.1) is 0 Å². The van der Waals surface area contributed by atoms with E-state index in [-0.39, 0.29) is 30.1 Å². The van der Waals surface area contributed by atoms with Crippen LogP contribution in [-0.4, -0.2) is 84.4 Å². The Balaban J connectivity index is 0.00000450. The SMILES string of the molecule is CCNC(=NCCCN1CCN(C(=O)OC(C)(C)C)CC1)NCCn1cccc1.I. The lowest BCUT2D eigenvalue weighted by Crippen LogP contribution is -2.50. The molecule has 172 valence electrons. The molecule has 0 atom stereocenters. The van der Waals surface area contributed by atoms with E-state index in [4.69, 9.17) is 4.74 Å². The van der Waals surface area contributed by atoms with Gasteiger partial charge in [0.15, 0.2) is 5.96 Å². The average Bonchev–Trinajstić information content (AvgIpc) is 3.17. The van der Waals surface area contributed by atoms with Crippen molar-refractivity contribution < 1.29 is 9.53 Å². The van der Waals surface area contributed by atoms with E-state index in [1.54, 1.807) is 4.90 Å². The molecule has 0 bridgehead atoms. The molecule has 1 amide bonds. The van der Waals surface area contributed by atoms with Crippen LogP contribution in [0.5, 0.6) is 0 Å². The largest absolute Gasteiger partial charge is 0.444 e. The minimum Gasteiger partial charge on any atom is -0.444 e. The lowest BCUT2D eigenvalue weighted by atomic mass is 10.2. The number of rotatable bonds is 8. The van der Waals surface area contributed by atoms with Gasteiger partial charge in [-0.15, -0.1) is 24.0 Å². The predicted molar refractivity (Wildman–Crippen MR) is 133 cm³/mol. The zero-order valence-electron chi connectivity index (χ0n) is 18.9. The third-order valence-electron chi connectivity index (χ3n) is 4.60. The minimum atomic E-state index is -0.438. The minimum absolute atomic E-state index is 0. The van der Waals surface area contributed by atoms with Crippen molar-refractivity contribution in [1.82, 2.24) is 25.0 Å². The fourth-order valence-corrected chi connectivity index (χ4v) is 3.13. The third kappa shape index (κ3) is 10.5. The maximum absolute atomic E-state index is 12.1. The number of aliphatic imine (C=N–C) groups is 1. The van der Waals surface area contributed by atoms with Gasteiger partial charge in [0.1, 0.15) is 5.60 Å². The highest BCUT2D eigenvalue weighted by atomic mass is 127. The van der Waals surface area contributed by atoms with Crippen LogP contribution in [0.3, 0.4) is 0 Å². The van der Waals surface area contributed by atoms with Gasteiger partial charge in [0.2, 0.25) is 0 Å². The van der Waals surface area contributed by atoms with E-state index in [1.807, 2.05) is 32.9 Å². The van der Waals surface area contributed by atoms with Gasteiger partial charge in [0.25, 0.3) is 0 Å². The molecule has 0 saturated carbocycles. The molecule has 0 spiro atoms. The number of guanidine groups is 1. The molecule has 1 aromatic heterocycles. The molecule has 30 heavy (non-hydrogen) atoms. The highest BCUT2D eigenvalue weighted by molar-refractivity contribution is 14.0. The number of hydrogen-bond donors (Lipinski definition) is 2. The highest BCUT2D eigenvalue weighted by Gasteiger charge is 2.25. The number of ether oxygens (including phenoxy) is 1. The fraction of sp³-hybridized carbons (Fsp3) is 0.714. The average molecular weight is 534 g/mol. The van der Waals surface area contributed by atoms with Crippen LogP contribution in [0.2, 0.25) is 0 Å². The number of nitrogens with zero attached hydrogens (tertiary/aromatic N) is 4. The Kier molecular flexibility index (Phi) is 12.2. The molecule has 1 aliphatic rings. The van der Waals surface area contributed by atoms with Crippen LogP contribution in [0.25, 0.3) is 0 Å². The number of halogens is 1. The maximum atomic E-state index is 12.1.